The highest BCUT2D eigenvalue weighted by Crippen LogP contribution is 2.54. The molecule has 0 heteroatoms. The lowest BCUT2D eigenvalue weighted by atomic mass is 9.76. The maximum atomic E-state index is 2.46. The minimum atomic E-state index is 0.0548. The van der Waals surface area contributed by atoms with E-state index >= 15 is 0 Å². The van der Waals surface area contributed by atoms with Crippen LogP contribution in [0.2, 0.25) is 0 Å². The quantitative estimate of drug-likeness (QED) is 0.460. The molecule has 0 aromatic heterocycles. The topological polar surface area (TPSA) is 0 Å². The van der Waals surface area contributed by atoms with E-state index < -0.39 is 0 Å². The Hall–Kier alpha value is -2.08. The van der Waals surface area contributed by atoms with E-state index in [9.17, 15) is 0 Å². The second-order valence-corrected chi connectivity index (χ2v) is 8.68. The zero-order valence-electron chi connectivity index (χ0n) is 16.3. The van der Waals surface area contributed by atoms with Gasteiger partial charge < -0.3 is 0 Å². The molecule has 0 N–H and O–H groups in total. The average Bonchev–Trinajstić information content (AvgIpc) is 2.82. The summed E-state index contributed by atoms with van der Waals surface area (Å²) in [5.74, 6) is 1.09. The lowest BCUT2D eigenvalue weighted by Gasteiger charge is -2.27. The molecular weight excluding hydrogens is 300 g/mol. The third kappa shape index (κ3) is 2.27. The molecule has 0 fully saturated rings. The van der Waals surface area contributed by atoms with Crippen LogP contribution in [0.3, 0.4) is 0 Å². The van der Waals surface area contributed by atoms with Gasteiger partial charge in [-0.3, -0.25) is 0 Å². The van der Waals surface area contributed by atoms with E-state index in [0.29, 0.717) is 11.8 Å². The summed E-state index contributed by atoms with van der Waals surface area (Å²) in [7, 11) is 0. The van der Waals surface area contributed by atoms with Crippen molar-refractivity contribution in [2.45, 2.75) is 58.8 Å². The molecule has 128 valence electrons. The molecule has 3 aromatic rings. The van der Waals surface area contributed by atoms with Crippen LogP contribution in [0.25, 0.3) is 21.9 Å². The van der Waals surface area contributed by atoms with Gasteiger partial charge in [-0.1, -0.05) is 90.1 Å². The van der Waals surface area contributed by atoms with Gasteiger partial charge in [0, 0.05) is 5.41 Å². The van der Waals surface area contributed by atoms with Crippen molar-refractivity contribution in [3.05, 3.63) is 70.8 Å². The van der Waals surface area contributed by atoms with Gasteiger partial charge in [0.1, 0.15) is 0 Å². The summed E-state index contributed by atoms with van der Waals surface area (Å²) in [6.45, 7) is 14.0. The molecule has 0 saturated carbocycles. The highest BCUT2D eigenvalue weighted by Gasteiger charge is 2.39. The number of hydrogen-bond donors (Lipinski definition) is 0. The van der Waals surface area contributed by atoms with Crippen LogP contribution in [0.15, 0.2) is 48.5 Å². The Bertz CT molecular complexity index is 971. The number of hydrogen-bond acceptors (Lipinski definition) is 0. The van der Waals surface area contributed by atoms with E-state index in [0.717, 1.165) is 0 Å². The van der Waals surface area contributed by atoms with Crippen LogP contribution in [0.1, 0.15) is 75.6 Å². The summed E-state index contributed by atoms with van der Waals surface area (Å²) in [6, 6.07) is 18.5. The zero-order chi connectivity index (χ0) is 17.9. The Kier molecular flexibility index (Phi) is 3.58. The van der Waals surface area contributed by atoms with E-state index in [1.165, 1.54) is 44.2 Å². The summed E-state index contributed by atoms with van der Waals surface area (Å²) in [6.07, 6.45) is 0. The van der Waals surface area contributed by atoms with Crippen LogP contribution < -0.4 is 0 Å². The molecule has 1 aliphatic carbocycles. The van der Waals surface area contributed by atoms with Gasteiger partial charge in [0.15, 0.2) is 0 Å². The van der Waals surface area contributed by atoms with Crippen molar-refractivity contribution in [2.75, 3.05) is 0 Å². The molecule has 4 rings (SSSR count). The van der Waals surface area contributed by atoms with Gasteiger partial charge in [0.25, 0.3) is 0 Å². The van der Waals surface area contributed by atoms with Gasteiger partial charge in [-0.05, 0) is 56.0 Å². The van der Waals surface area contributed by atoms with Crippen LogP contribution in [-0.2, 0) is 5.41 Å². The number of fused-ring (bicyclic) bond motifs is 5. The molecule has 0 unspecified atom stereocenters. The largest absolute Gasteiger partial charge is 0.0616 e. The summed E-state index contributed by atoms with van der Waals surface area (Å²) in [4.78, 5) is 0. The van der Waals surface area contributed by atoms with Gasteiger partial charge in [-0.25, -0.2) is 0 Å². The Labute approximate surface area is 151 Å². The van der Waals surface area contributed by atoms with E-state index in [4.69, 9.17) is 0 Å². The van der Waals surface area contributed by atoms with Crippen molar-refractivity contribution in [1.82, 2.24) is 0 Å². The SMILES string of the molecule is CC(C)c1ccc2c(c1)C(C)(C)c1c(C(C)C)cc3ccccc3c1-2. The van der Waals surface area contributed by atoms with Crippen LogP contribution in [0.5, 0.6) is 0 Å². The summed E-state index contributed by atoms with van der Waals surface area (Å²) < 4.78 is 0. The molecule has 25 heavy (non-hydrogen) atoms. The van der Waals surface area contributed by atoms with Crippen molar-refractivity contribution in [3.63, 3.8) is 0 Å². The van der Waals surface area contributed by atoms with E-state index in [1.807, 2.05) is 0 Å². The highest BCUT2D eigenvalue weighted by molar-refractivity contribution is 6.03. The fourth-order valence-corrected chi connectivity index (χ4v) is 4.57. The summed E-state index contributed by atoms with van der Waals surface area (Å²) in [5.41, 5.74) is 8.93. The molecule has 0 bridgehead atoms. The van der Waals surface area contributed by atoms with Crippen molar-refractivity contribution >= 4 is 10.8 Å². The molecule has 3 aromatic carbocycles. The predicted octanol–water partition coefficient (Wildman–Crippen LogP) is 7.39. The minimum Gasteiger partial charge on any atom is -0.0616 e. The van der Waals surface area contributed by atoms with Crippen molar-refractivity contribution in [1.29, 1.82) is 0 Å². The maximum Gasteiger partial charge on any atom is 0.0162 e. The van der Waals surface area contributed by atoms with Gasteiger partial charge in [-0.2, -0.15) is 0 Å². The molecule has 0 heterocycles. The van der Waals surface area contributed by atoms with E-state index in [1.54, 1.807) is 0 Å². The second kappa shape index (κ2) is 5.46. The van der Waals surface area contributed by atoms with Crippen molar-refractivity contribution < 1.29 is 0 Å². The molecule has 0 spiro atoms. The second-order valence-electron chi connectivity index (χ2n) is 8.68. The molecule has 1 aliphatic rings. The Morgan fingerprint density at radius 1 is 0.800 bits per heavy atom. The van der Waals surface area contributed by atoms with E-state index in [2.05, 4.69) is 90.1 Å². The predicted molar refractivity (Wildman–Crippen MR) is 110 cm³/mol. The van der Waals surface area contributed by atoms with Gasteiger partial charge in [0.2, 0.25) is 0 Å². The first-order valence-electron chi connectivity index (χ1n) is 9.53. The fraction of sp³-hybridized carbons (Fsp3) is 0.360. The smallest absolute Gasteiger partial charge is 0.0162 e. The minimum absolute atomic E-state index is 0.0548. The lowest BCUT2D eigenvalue weighted by Crippen LogP contribution is -2.18. The Morgan fingerprint density at radius 2 is 1.52 bits per heavy atom. The van der Waals surface area contributed by atoms with Crippen LogP contribution in [0, 0.1) is 0 Å². The van der Waals surface area contributed by atoms with Gasteiger partial charge in [-0.15, -0.1) is 0 Å². The summed E-state index contributed by atoms with van der Waals surface area (Å²) in [5, 5.41) is 2.76. The Morgan fingerprint density at radius 3 is 2.20 bits per heavy atom. The molecule has 0 aliphatic heterocycles. The monoisotopic (exact) mass is 328 g/mol. The third-order valence-electron chi connectivity index (χ3n) is 5.98. The molecule has 0 saturated heterocycles. The fourth-order valence-electron chi connectivity index (χ4n) is 4.57. The van der Waals surface area contributed by atoms with Crippen LogP contribution in [-0.4, -0.2) is 0 Å². The van der Waals surface area contributed by atoms with E-state index in [-0.39, 0.29) is 5.41 Å². The van der Waals surface area contributed by atoms with Crippen molar-refractivity contribution in [2.24, 2.45) is 0 Å². The highest BCUT2D eigenvalue weighted by atomic mass is 14.4. The molecule has 0 atom stereocenters. The summed E-state index contributed by atoms with van der Waals surface area (Å²) >= 11 is 0. The standard InChI is InChI=1S/C25H28/c1-15(2)17-11-12-20-22(14-17)25(5,6)24-21(16(3)4)13-18-9-7-8-10-19(18)23(20)24/h7-16H,1-6H3. The van der Waals surface area contributed by atoms with Crippen LogP contribution >= 0.6 is 0 Å². The lowest BCUT2D eigenvalue weighted by molar-refractivity contribution is 0.641. The maximum absolute atomic E-state index is 2.46. The molecular formula is C25H28. The first-order valence-corrected chi connectivity index (χ1v) is 9.53. The average molecular weight is 328 g/mol. The normalized spacial score (nSPS) is 15.0. The number of benzene rings is 3. The third-order valence-corrected chi connectivity index (χ3v) is 5.98. The molecule has 0 nitrogen and oxygen atoms in total. The Balaban J connectivity index is 2.15. The number of rotatable bonds is 2. The van der Waals surface area contributed by atoms with Gasteiger partial charge in [0.05, 0.1) is 0 Å². The molecule has 0 radical (unpaired) electrons. The zero-order valence-corrected chi connectivity index (χ0v) is 16.3. The first kappa shape index (κ1) is 16.4. The van der Waals surface area contributed by atoms with Crippen LogP contribution in [0.4, 0.5) is 0 Å². The van der Waals surface area contributed by atoms with Crippen molar-refractivity contribution in [3.8, 4) is 11.1 Å². The first-order chi connectivity index (χ1) is 11.8. The van der Waals surface area contributed by atoms with Gasteiger partial charge >= 0.3 is 0 Å². The molecule has 0 amide bonds.